The number of para-hydroxylation sites is 1. The topological polar surface area (TPSA) is 116 Å². The summed E-state index contributed by atoms with van der Waals surface area (Å²) in [6.45, 7) is 0.230. The van der Waals surface area contributed by atoms with Crippen molar-refractivity contribution in [1.82, 2.24) is 29.5 Å². The Labute approximate surface area is 281 Å². The maximum atomic E-state index is 14.1. The standard InChI is InChI=1S/C31H28ClF3N8OS.CO2/c32-23-16-19(33)6-7-22(23)27-26(24-8-10-43(39-24)30(34)35)25-17-21(18-42(25)28(38-27)29-36-9-15-45-29)40-11-13-41(14-12-40)31(44)37-20-4-2-1-3-5-20;2-1-3/h1-10,15-16,21,27,30H,11-14,17-18H2,(H,37,44);/t21-,27-;/m0./s1. The van der Waals surface area contributed by atoms with Crippen molar-refractivity contribution in [3.8, 4) is 0 Å². The number of fused-ring (bicyclic) bond motifs is 1. The Bertz CT molecular complexity index is 1860. The van der Waals surface area contributed by atoms with Crippen LogP contribution in [0.25, 0.3) is 5.57 Å². The number of amidine groups is 1. The fraction of sp³-hybridized carbons (Fsp3) is 0.281. The van der Waals surface area contributed by atoms with Crippen molar-refractivity contribution < 1.29 is 27.6 Å². The van der Waals surface area contributed by atoms with Crippen LogP contribution in [0.15, 0.2) is 83.1 Å². The van der Waals surface area contributed by atoms with E-state index in [4.69, 9.17) is 26.2 Å². The number of hydrogen-bond donors (Lipinski definition) is 1. The highest BCUT2D eigenvalue weighted by Crippen LogP contribution is 2.47. The monoisotopic (exact) mass is 696 g/mol. The van der Waals surface area contributed by atoms with Gasteiger partial charge in [0.15, 0.2) is 10.8 Å². The van der Waals surface area contributed by atoms with Gasteiger partial charge in [0.05, 0.1) is 5.69 Å². The maximum Gasteiger partial charge on any atom is 0.373 e. The largest absolute Gasteiger partial charge is 0.373 e. The summed E-state index contributed by atoms with van der Waals surface area (Å²) in [5.74, 6) is 0.157. The zero-order valence-corrected chi connectivity index (χ0v) is 26.8. The quantitative estimate of drug-likeness (QED) is 0.272. The van der Waals surface area contributed by atoms with Gasteiger partial charge in [-0.05, 0) is 30.3 Å². The third kappa shape index (κ3) is 6.90. The number of halogens is 4. The van der Waals surface area contributed by atoms with Crippen LogP contribution in [0, 0.1) is 5.82 Å². The first kappa shape index (κ1) is 33.1. The molecule has 0 bridgehead atoms. The highest BCUT2D eigenvalue weighted by atomic mass is 35.5. The number of alkyl halides is 2. The van der Waals surface area contributed by atoms with E-state index in [9.17, 15) is 18.0 Å². The van der Waals surface area contributed by atoms with E-state index in [1.54, 1.807) is 18.3 Å². The number of aromatic nitrogens is 3. The number of benzene rings is 2. The minimum atomic E-state index is -2.81. The van der Waals surface area contributed by atoms with Crippen LogP contribution in [0.5, 0.6) is 0 Å². The van der Waals surface area contributed by atoms with Gasteiger partial charge >= 0.3 is 18.7 Å². The summed E-state index contributed by atoms with van der Waals surface area (Å²) in [4.78, 5) is 45.1. The van der Waals surface area contributed by atoms with E-state index in [0.717, 1.165) is 11.4 Å². The summed E-state index contributed by atoms with van der Waals surface area (Å²) in [6, 6.07) is 14.2. The lowest BCUT2D eigenvalue weighted by Crippen LogP contribution is -2.53. The van der Waals surface area contributed by atoms with Crippen molar-refractivity contribution in [2.45, 2.75) is 25.1 Å². The summed E-state index contributed by atoms with van der Waals surface area (Å²) in [5, 5.41) is 9.93. The number of carbonyl (C=O) groups excluding carboxylic acids is 3. The van der Waals surface area contributed by atoms with E-state index >= 15 is 0 Å². The number of anilines is 1. The fourth-order valence-corrected chi connectivity index (χ4v) is 7.10. The predicted molar refractivity (Wildman–Crippen MR) is 172 cm³/mol. The summed E-state index contributed by atoms with van der Waals surface area (Å²) in [6.07, 6.45) is 3.79. The van der Waals surface area contributed by atoms with Crippen molar-refractivity contribution in [1.29, 1.82) is 0 Å². The molecule has 248 valence electrons. The van der Waals surface area contributed by atoms with Gasteiger partial charge in [-0.2, -0.15) is 23.5 Å². The van der Waals surface area contributed by atoms with Gasteiger partial charge in [-0.3, -0.25) is 9.89 Å². The van der Waals surface area contributed by atoms with Crippen LogP contribution in [0.1, 0.15) is 35.3 Å². The second kappa shape index (κ2) is 14.5. The SMILES string of the molecule is O=C(Nc1ccccc1)N1CCN([C@H]2CC3=C(c4ccn(C(F)F)n4)[C@H](c4ccc(F)cc4Cl)N=C(c4nccs4)N3C2)CC1.O=C=O. The molecule has 2 fully saturated rings. The molecule has 0 saturated carbocycles. The number of rotatable bonds is 6. The van der Waals surface area contributed by atoms with Crippen LogP contribution in [0.3, 0.4) is 0 Å². The lowest BCUT2D eigenvalue weighted by atomic mass is 9.92. The van der Waals surface area contributed by atoms with E-state index in [2.05, 4.69) is 25.2 Å². The molecule has 4 aromatic rings. The summed E-state index contributed by atoms with van der Waals surface area (Å²) in [7, 11) is 0. The Balaban J connectivity index is 0.00000129. The van der Waals surface area contributed by atoms with Crippen molar-refractivity contribution in [2.75, 3.05) is 38.0 Å². The van der Waals surface area contributed by atoms with Crippen molar-refractivity contribution >= 4 is 52.2 Å². The van der Waals surface area contributed by atoms with Gasteiger partial charge in [0, 0.05) is 90.5 Å². The third-order valence-electron chi connectivity index (χ3n) is 8.35. The van der Waals surface area contributed by atoms with E-state index in [0.29, 0.717) is 71.5 Å². The summed E-state index contributed by atoms with van der Waals surface area (Å²) >= 11 is 8.02. The predicted octanol–water partition coefficient (Wildman–Crippen LogP) is 5.78. The smallest absolute Gasteiger partial charge is 0.326 e. The first-order valence-electron chi connectivity index (χ1n) is 14.9. The molecule has 2 atom stereocenters. The molecule has 2 aromatic heterocycles. The number of nitrogens with zero attached hydrogens (tertiary/aromatic N) is 7. The number of aliphatic imine (C=N–C) groups is 1. The summed E-state index contributed by atoms with van der Waals surface area (Å²) in [5.41, 5.74) is 3.17. The highest BCUT2D eigenvalue weighted by molar-refractivity contribution is 7.11. The van der Waals surface area contributed by atoms with Gasteiger partial charge in [0.25, 0.3) is 0 Å². The Morgan fingerprint density at radius 3 is 2.46 bits per heavy atom. The van der Waals surface area contributed by atoms with Crippen molar-refractivity contribution in [2.24, 2.45) is 4.99 Å². The zero-order valence-electron chi connectivity index (χ0n) is 25.2. The Hall–Kier alpha value is -4.82. The summed E-state index contributed by atoms with van der Waals surface area (Å²) < 4.78 is 42.0. The number of hydrogen-bond acceptors (Lipinski definition) is 9. The van der Waals surface area contributed by atoms with Crippen molar-refractivity contribution in [3.63, 3.8) is 0 Å². The van der Waals surface area contributed by atoms with Crippen LogP contribution in [0.4, 0.5) is 23.7 Å². The Kier molecular flexibility index (Phi) is 10.0. The van der Waals surface area contributed by atoms with E-state index in [-0.39, 0.29) is 23.2 Å². The Morgan fingerprint density at radius 2 is 1.81 bits per heavy atom. The number of thiazole rings is 1. The van der Waals surface area contributed by atoms with Crippen LogP contribution in [0.2, 0.25) is 5.02 Å². The minimum absolute atomic E-state index is 0.0547. The zero-order chi connectivity index (χ0) is 33.8. The molecular weight excluding hydrogens is 669 g/mol. The average Bonchev–Trinajstić information content (AvgIpc) is 3.87. The van der Waals surface area contributed by atoms with Gasteiger partial charge in [-0.25, -0.2) is 18.9 Å². The van der Waals surface area contributed by atoms with Crippen LogP contribution < -0.4 is 5.32 Å². The number of piperazine rings is 1. The van der Waals surface area contributed by atoms with Gasteiger partial charge in [-0.1, -0.05) is 35.9 Å². The fourth-order valence-electron chi connectivity index (χ4n) is 6.19. The molecule has 16 heteroatoms. The van der Waals surface area contributed by atoms with E-state index in [1.165, 1.54) is 29.7 Å². The van der Waals surface area contributed by atoms with Gasteiger partial charge < -0.3 is 15.1 Å². The molecule has 3 aliphatic heterocycles. The molecule has 1 N–H and O–H groups in total. The Morgan fingerprint density at radius 1 is 1.06 bits per heavy atom. The van der Waals surface area contributed by atoms with Crippen LogP contribution in [-0.2, 0) is 9.59 Å². The maximum absolute atomic E-state index is 14.1. The normalized spacial score (nSPS) is 19.4. The second-order valence-electron chi connectivity index (χ2n) is 11.0. The molecule has 5 heterocycles. The molecule has 0 unspecified atom stereocenters. The minimum Gasteiger partial charge on any atom is -0.326 e. The number of urea groups is 1. The van der Waals surface area contributed by atoms with Gasteiger partial charge in [0.1, 0.15) is 11.9 Å². The molecular formula is C32H28ClF3N8O3S. The molecule has 7 rings (SSSR count). The molecule has 0 radical (unpaired) electrons. The molecule has 2 saturated heterocycles. The molecule has 2 aromatic carbocycles. The molecule has 3 aliphatic rings. The van der Waals surface area contributed by atoms with E-state index in [1.807, 2.05) is 40.6 Å². The van der Waals surface area contributed by atoms with Crippen LogP contribution >= 0.6 is 22.9 Å². The molecule has 0 aliphatic carbocycles. The highest BCUT2D eigenvalue weighted by Gasteiger charge is 2.43. The second-order valence-corrected chi connectivity index (χ2v) is 12.4. The van der Waals surface area contributed by atoms with Crippen LogP contribution in [-0.4, -0.2) is 86.2 Å². The first-order valence-corrected chi connectivity index (χ1v) is 16.1. The number of amides is 2. The first-order chi connectivity index (χ1) is 23.3. The molecule has 0 spiro atoms. The number of nitrogens with one attached hydrogen (secondary N) is 1. The van der Waals surface area contributed by atoms with Gasteiger partial charge in [0.2, 0.25) is 0 Å². The van der Waals surface area contributed by atoms with Crippen molar-refractivity contribution in [3.05, 3.63) is 105 Å². The average molecular weight is 697 g/mol. The lowest BCUT2D eigenvalue weighted by molar-refractivity contribution is -0.191. The lowest BCUT2D eigenvalue weighted by Gasteiger charge is -2.37. The number of carbonyl (C=O) groups is 1. The molecule has 11 nitrogen and oxygen atoms in total. The van der Waals surface area contributed by atoms with Gasteiger partial charge in [-0.15, -0.1) is 11.3 Å². The third-order valence-corrected chi connectivity index (χ3v) is 9.44. The van der Waals surface area contributed by atoms with E-state index < -0.39 is 18.4 Å². The molecule has 2 amide bonds. The molecule has 48 heavy (non-hydrogen) atoms.